The van der Waals surface area contributed by atoms with Gasteiger partial charge in [0.25, 0.3) is 5.91 Å². The second-order valence-corrected chi connectivity index (χ2v) is 5.93. The van der Waals surface area contributed by atoms with Crippen molar-refractivity contribution in [1.82, 2.24) is 10.2 Å². The fourth-order valence-electron chi connectivity index (χ4n) is 2.63. The summed E-state index contributed by atoms with van der Waals surface area (Å²) in [6.45, 7) is 1.70. The van der Waals surface area contributed by atoms with E-state index in [1.807, 2.05) is 30.5 Å². The second-order valence-electron chi connectivity index (χ2n) is 5.08. The summed E-state index contributed by atoms with van der Waals surface area (Å²) in [7, 11) is 0. The second kappa shape index (κ2) is 7.47. The summed E-state index contributed by atoms with van der Waals surface area (Å²) in [4.78, 5) is 26.8. The van der Waals surface area contributed by atoms with Crippen molar-refractivity contribution >= 4 is 23.6 Å². The number of rotatable bonds is 5. The molecule has 5 nitrogen and oxygen atoms in total. The number of nitrogens with zero attached hydrogens (tertiary/aromatic N) is 1. The minimum atomic E-state index is -0.469. The molecule has 1 aromatic rings. The van der Waals surface area contributed by atoms with E-state index in [0.29, 0.717) is 5.56 Å². The number of primary amides is 1. The van der Waals surface area contributed by atoms with Crippen molar-refractivity contribution in [1.29, 1.82) is 0 Å². The lowest BCUT2D eigenvalue weighted by molar-refractivity contribution is -0.119. The highest BCUT2D eigenvalue weighted by Crippen LogP contribution is 2.23. The highest BCUT2D eigenvalue weighted by molar-refractivity contribution is 7.98. The summed E-state index contributed by atoms with van der Waals surface area (Å²) in [5, 5.41) is 3.27. The molecule has 1 saturated heterocycles. The molecule has 0 aliphatic carbocycles. The Labute approximate surface area is 129 Å². The molecular weight excluding hydrogens is 286 g/mol. The topological polar surface area (TPSA) is 75.4 Å². The van der Waals surface area contributed by atoms with Gasteiger partial charge in [0.2, 0.25) is 5.91 Å². The summed E-state index contributed by atoms with van der Waals surface area (Å²) in [6.07, 6.45) is 3.63. The van der Waals surface area contributed by atoms with Crippen molar-refractivity contribution in [2.75, 3.05) is 25.9 Å². The molecule has 1 aliphatic heterocycles. The maximum absolute atomic E-state index is 12.8. The lowest BCUT2D eigenvalue weighted by atomic mass is 10.0. The Balaban J connectivity index is 2.26. The molecule has 21 heavy (non-hydrogen) atoms. The smallest absolute Gasteiger partial charge is 0.255 e. The van der Waals surface area contributed by atoms with E-state index in [4.69, 9.17) is 5.73 Å². The van der Waals surface area contributed by atoms with Gasteiger partial charge in [-0.1, -0.05) is 12.1 Å². The first-order valence-electron chi connectivity index (χ1n) is 7.06. The predicted molar refractivity (Wildman–Crippen MR) is 84.3 cm³/mol. The normalized spacial score (nSPS) is 15.7. The molecule has 1 aliphatic rings. The lowest BCUT2D eigenvalue weighted by Crippen LogP contribution is -2.49. The highest BCUT2D eigenvalue weighted by atomic mass is 32.2. The minimum absolute atomic E-state index is 0.0216. The number of nitrogens with two attached hydrogens (primary N) is 1. The monoisotopic (exact) mass is 307 g/mol. The molecule has 1 fully saturated rings. The van der Waals surface area contributed by atoms with Crippen LogP contribution >= 0.6 is 11.8 Å². The molecule has 1 aromatic carbocycles. The first-order valence-corrected chi connectivity index (χ1v) is 8.29. The molecule has 2 amide bonds. The van der Waals surface area contributed by atoms with Gasteiger partial charge >= 0.3 is 0 Å². The van der Waals surface area contributed by atoms with Crippen molar-refractivity contribution in [3.05, 3.63) is 29.8 Å². The van der Waals surface area contributed by atoms with Gasteiger partial charge in [0, 0.05) is 10.9 Å². The average Bonchev–Trinajstić information content (AvgIpc) is 2.52. The van der Waals surface area contributed by atoms with Gasteiger partial charge in [-0.15, -0.1) is 11.8 Å². The zero-order valence-corrected chi connectivity index (χ0v) is 13.0. The summed E-state index contributed by atoms with van der Waals surface area (Å²) >= 11 is 1.53. The number of carbonyl (C=O) groups excluding carboxylic acids is 2. The van der Waals surface area contributed by atoms with Gasteiger partial charge < -0.3 is 16.0 Å². The molecule has 1 heterocycles. The largest absolute Gasteiger partial charge is 0.368 e. The van der Waals surface area contributed by atoms with Gasteiger partial charge in [-0.05, 0) is 44.3 Å². The third kappa shape index (κ3) is 3.98. The Morgan fingerprint density at radius 1 is 1.33 bits per heavy atom. The first-order chi connectivity index (χ1) is 10.1. The van der Waals surface area contributed by atoms with Gasteiger partial charge in [0.1, 0.15) is 0 Å². The molecule has 0 spiro atoms. The number of benzene rings is 1. The van der Waals surface area contributed by atoms with Crippen molar-refractivity contribution in [2.24, 2.45) is 5.73 Å². The van der Waals surface area contributed by atoms with Crippen LogP contribution in [0.2, 0.25) is 0 Å². The van der Waals surface area contributed by atoms with E-state index in [-0.39, 0.29) is 18.5 Å². The molecule has 0 unspecified atom stereocenters. The van der Waals surface area contributed by atoms with Crippen LogP contribution in [0.5, 0.6) is 0 Å². The van der Waals surface area contributed by atoms with Crippen LogP contribution in [-0.4, -0.2) is 48.6 Å². The third-order valence-corrected chi connectivity index (χ3v) is 4.47. The fourth-order valence-corrected chi connectivity index (χ4v) is 3.22. The van der Waals surface area contributed by atoms with Crippen LogP contribution in [0, 0.1) is 0 Å². The number of hydrogen-bond donors (Lipinski definition) is 2. The average molecular weight is 307 g/mol. The zero-order valence-electron chi connectivity index (χ0n) is 12.2. The fraction of sp³-hybridized carbons (Fsp3) is 0.467. The van der Waals surface area contributed by atoms with E-state index in [2.05, 4.69) is 5.32 Å². The Bertz CT molecular complexity index is 515. The molecule has 0 radical (unpaired) electrons. The first kappa shape index (κ1) is 15.9. The van der Waals surface area contributed by atoms with Crippen LogP contribution < -0.4 is 11.1 Å². The summed E-state index contributed by atoms with van der Waals surface area (Å²) < 4.78 is 0. The zero-order chi connectivity index (χ0) is 15.2. The van der Waals surface area contributed by atoms with Gasteiger partial charge in [0.15, 0.2) is 0 Å². The molecule has 0 bridgehead atoms. The number of piperidine rings is 1. The summed E-state index contributed by atoms with van der Waals surface area (Å²) in [5.74, 6) is -0.575. The van der Waals surface area contributed by atoms with E-state index < -0.39 is 5.91 Å². The standard InChI is InChI=1S/C15H21N3O2S/c1-21-13-5-3-2-4-12(13)15(20)18(10-14(16)19)11-6-8-17-9-7-11/h2-5,11,17H,6-10H2,1H3,(H2,16,19). The van der Waals surface area contributed by atoms with Crippen molar-refractivity contribution in [3.63, 3.8) is 0 Å². The Morgan fingerprint density at radius 2 is 2.00 bits per heavy atom. The van der Waals surface area contributed by atoms with Crippen LogP contribution in [-0.2, 0) is 4.79 Å². The highest BCUT2D eigenvalue weighted by Gasteiger charge is 2.28. The molecule has 0 saturated carbocycles. The predicted octanol–water partition coefficient (Wildman–Crippen LogP) is 1.09. The van der Waals surface area contributed by atoms with Gasteiger partial charge in [-0.25, -0.2) is 0 Å². The van der Waals surface area contributed by atoms with E-state index in [1.165, 1.54) is 11.8 Å². The molecule has 0 aromatic heterocycles. The maximum atomic E-state index is 12.8. The van der Waals surface area contributed by atoms with Crippen LogP contribution in [0.4, 0.5) is 0 Å². The molecule has 2 rings (SSSR count). The molecule has 6 heteroatoms. The summed E-state index contributed by atoms with van der Waals surface area (Å²) in [5.41, 5.74) is 5.98. The minimum Gasteiger partial charge on any atom is -0.368 e. The van der Waals surface area contributed by atoms with E-state index in [0.717, 1.165) is 30.8 Å². The lowest BCUT2D eigenvalue weighted by Gasteiger charge is -2.34. The van der Waals surface area contributed by atoms with Crippen LogP contribution in [0.25, 0.3) is 0 Å². The number of hydrogen-bond acceptors (Lipinski definition) is 4. The van der Waals surface area contributed by atoms with Gasteiger partial charge in [-0.2, -0.15) is 0 Å². The third-order valence-electron chi connectivity index (χ3n) is 3.67. The van der Waals surface area contributed by atoms with Gasteiger partial charge in [0.05, 0.1) is 12.1 Å². The molecule has 0 atom stereocenters. The van der Waals surface area contributed by atoms with Crippen LogP contribution in [0.15, 0.2) is 29.2 Å². The van der Waals surface area contributed by atoms with E-state index >= 15 is 0 Å². The van der Waals surface area contributed by atoms with Crippen molar-refractivity contribution in [3.8, 4) is 0 Å². The van der Waals surface area contributed by atoms with Gasteiger partial charge in [-0.3, -0.25) is 9.59 Å². The quantitative estimate of drug-likeness (QED) is 0.799. The Morgan fingerprint density at radius 3 is 2.62 bits per heavy atom. The molecule has 114 valence electrons. The molecule has 3 N–H and O–H groups in total. The number of carbonyl (C=O) groups is 2. The number of thioether (sulfide) groups is 1. The summed E-state index contributed by atoms with van der Waals surface area (Å²) in [6, 6.07) is 7.55. The molecular formula is C15H21N3O2S. The Kier molecular flexibility index (Phi) is 5.64. The maximum Gasteiger partial charge on any atom is 0.255 e. The van der Waals surface area contributed by atoms with E-state index in [1.54, 1.807) is 4.90 Å². The van der Waals surface area contributed by atoms with Crippen molar-refractivity contribution < 1.29 is 9.59 Å². The van der Waals surface area contributed by atoms with Crippen LogP contribution in [0.1, 0.15) is 23.2 Å². The van der Waals surface area contributed by atoms with Crippen molar-refractivity contribution in [2.45, 2.75) is 23.8 Å². The van der Waals surface area contributed by atoms with Crippen LogP contribution in [0.3, 0.4) is 0 Å². The Hall–Kier alpha value is -1.53. The van der Waals surface area contributed by atoms with E-state index in [9.17, 15) is 9.59 Å². The SMILES string of the molecule is CSc1ccccc1C(=O)N(CC(N)=O)C1CCNCC1. The number of amides is 2. The number of nitrogens with one attached hydrogen (secondary N) is 1.